The fourth-order valence-corrected chi connectivity index (χ4v) is 2.27. The number of halogens is 2. The Morgan fingerprint density at radius 2 is 1.80 bits per heavy atom. The molecule has 1 rings (SSSR count). The van der Waals surface area contributed by atoms with E-state index in [-0.39, 0.29) is 0 Å². The Morgan fingerprint density at radius 3 is 2.50 bits per heavy atom. The van der Waals surface area contributed by atoms with E-state index < -0.39 is 0 Å². The van der Waals surface area contributed by atoms with Crippen LogP contribution in [0.3, 0.4) is 0 Å². The van der Waals surface area contributed by atoms with Crippen molar-refractivity contribution in [3.8, 4) is 5.88 Å². The van der Waals surface area contributed by atoms with Gasteiger partial charge < -0.3 is 10.1 Å². The highest BCUT2D eigenvalue weighted by atomic mass is 35.5. The Labute approximate surface area is 132 Å². The fraction of sp³-hybridized carbons (Fsp3) is 0.667. The molecule has 0 amide bonds. The molecule has 0 aliphatic carbocycles. The van der Waals surface area contributed by atoms with E-state index in [0.29, 0.717) is 28.3 Å². The Kier molecular flexibility index (Phi) is 8.79. The van der Waals surface area contributed by atoms with Crippen LogP contribution in [0.5, 0.6) is 5.88 Å². The first kappa shape index (κ1) is 17.4. The van der Waals surface area contributed by atoms with Crippen molar-refractivity contribution in [2.75, 3.05) is 18.5 Å². The Bertz CT molecular complexity index is 400. The summed E-state index contributed by atoms with van der Waals surface area (Å²) in [5.74, 6) is 1.10. The van der Waals surface area contributed by atoms with Gasteiger partial charge in [0.2, 0.25) is 5.88 Å². The van der Waals surface area contributed by atoms with Crippen LogP contribution in [0.4, 0.5) is 5.82 Å². The minimum atomic E-state index is 0.463. The van der Waals surface area contributed by atoms with Gasteiger partial charge in [-0.15, -0.1) is 0 Å². The van der Waals surface area contributed by atoms with Gasteiger partial charge >= 0.3 is 0 Å². The lowest BCUT2D eigenvalue weighted by molar-refractivity contribution is 0.294. The normalized spacial score (nSPS) is 10.6. The molecule has 0 spiro atoms. The highest BCUT2D eigenvalue weighted by molar-refractivity contribution is 6.36. The maximum absolute atomic E-state index is 6.10. The Balaban J connectivity index is 2.47. The maximum atomic E-state index is 6.10. The van der Waals surface area contributed by atoms with E-state index in [4.69, 9.17) is 27.9 Å². The molecule has 0 saturated carbocycles. The average Bonchev–Trinajstić information content (AvgIpc) is 2.43. The second-order valence-electron chi connectivity index (χ2n) is 4.80. The van der Waals surface area contributed by atoms with Crippen molar-refractivity contribution in [3.05, 3.63) is 16.1 Å². The topological polar surface area (TPSA) is 34.1 Å². The first-order valence-corrected chi connectivity index (χ1v) is 8.17. The van der Waals surface area contributed by atoms with Crippen LogP contribution in [0.25, 0.3) is 0 Å². The van der Waals surface area contributed by atoms with E-state index in [0.717, 1.165) is 19.4 Å². The number of nitrogens with zero attached hydrogens (tertiary/aromatic N) is 1. The van der Waals surface area contributed by atoms with E-state index in [2.05, 4.69) is 24.1 Å². The van der Waals surface area contributed by atoms with E-state index in [9.17, 15) is 0 Å². The molecule has 20 heavy (non-hydrogen) atoms. The average molecular weight is 319 g/mol. The number of pyridine rings is 1. The lowest BCUT2D eigenvalue weighted by Crippen LogP contribution is -2.05. The predicted molar refractivity (Wildman–Crippen MR) is 87.3 cm³/mol. The number of hydrogen-bond donors (Lipinski definition) is 1. The lowest BCUT2D eigenvalue weighted by Gasteiger charge is -2.11. The van der Waals surface area contributed by atoms with Crippen molar-refractivity contribution in [3.63, 3.8) is 0 Å². The third kappa shape index (κ3) is 6.19. The van der Waals surface area contributed by atoms with E-state index in [1.165, 1.54) is 25.7 Å². The quantitative estimate of drug-likeness (QED) is 0.573. The maximum Gasteiger partial charge on any atom is 0.234 e. The van der Waals surface area contributed by atoms with Crippen LogP contribution in [0.15, 0.2) is 6.07 Å². The van der Waals surface area contributed by atoms with Crippen LogP contribution >= 0.6 is 23.2 Å². The van der Waals surface area contributed by atoms with E-state index in [1.807, 2.05) is 0 Å². The van der Waals surface area contributed by atoms with Gasteiger partial charge in [0.1, 0.15) is 10.8 Å². The molecule has 114 valence electrons. The van der Waals surface area contributed by atoms with Crippen molar-refractivity contribution in [2.45, 2.75) is 52.4 Å². The molecule has 0 aliphatic heterocycles. The molecule has 5 heteroatoms. The highest BCUT2D eigenvalue weighted by Crippen LogP contribution is 2.30. The monoisotopic (exact) mass is 318 g/mol. The van der Waals surface area contributed by atoms with Crippen LogP contribution in [-0.2, 0) is 0 Å². The van der Waals surface area contributed by atoms with Crippen molar-refractivity contribution in [2.24, 2.45) is 0 Å². The molecule has 0 radical (unpaired) electrons. The summed E-state index contributed by atoms with van der Waals surface area (Å²) in [4.78, 5) is 4.35. The van der Waals surface area contributed by atoms with Gasteiger partial charge in [-0.25, -0.2) is 0 Å². The summed E-state index contributed by atoms with van der Waals surface area (Å²) in [7, 11) is 0. The first-order valence-electron chi connectivity index (χ1n) is 7.41. The van der Waals surface area contributed by atoms with Crippen molar-refractivity contribution in [1.82, 2.24) is 4.98 Å². The van der Waals surface area contributed by atoms with Crippen molar-refractivity contribution < 1.29 is 4.74 Å². The summed E-state index contributed by atoms with van der Waals surface area (Å²) in [5.41, 5.74) is 0. The molecular weight excluding hydrogens is 295 g/mol. The molecule has 1 heterocycles. The summed E-state index contributed by atoms with van der Waals surface area (Å²) in [6, 6.07) is 1.68. The van der Waals surface area contributed by atoms with Gasteiger partial charge in [0.25, 0.3) is 0 Å². The van der Waals surface area contributed by atoms with E-state index in [1.54, 1.807) is 6.07 Å². The summed E-state index contributed by atoms with van der Waals surface area (Å²) in [6.07, 6.45) is 7.00. The standard InChI is InChI=1S/C15H24Cl2N2O/c1-3-5-6-7-8-10-20-15-13(17)11-12(16)14(19-15)18-9-4-2/h11H,3-10H2,1-2H3,(H,18,19). The predicted octanol–water partition coefficient (Wildman–Crippen LogP) is 5.56. The Morgan fingerprint density at radius 1 is 1.05 bits per heavy atom. The smallest absolute Gasteiger partial charge is 0.234 e. The number of hydrogen-bond acceptors (Lipinski definition) is 3. The molecule has 1 N–H and O–H groups in total. The minimum Gasteiger partial charge on any atom is -0.477 e. The first-order chi connectivity index (χ1) is 9.69. The SMILES string of the molecule is CCCCCCCOc1nc(NCCC)c(Cl)cc1Cl. The van der Waals surface area contributed by atoms with Gasteiger partial charge in [0.15, 0.2) is 0 Å². The molecular formula is C15H24Cl2N2O. The zero-order chi connectivity index (χ0) is 14.8. The number of unbranched alkanes of at least 4 members (excludes halogenated alkanes) is 4. The fourth-order valence-electron chi connectivity index (χ4n) is 1.79. The highest BCUT2D eigenvalue weighted by Gasteiger charge is 2.10. The molecule has 0 aliphatic rings. The molecule has 0 unspecified atom stereocenters. The van der Waals surface area contributed by atoms with Crippen LogP contribution in [0.1, 0.15) is 52.4 Å². The largest absolute Gasteiger partial charge is 0.477 e. The summed E-state index contributed by atoms with van der Waals surface area (Å²) >= 11 is 12.2. The van der Waals surface area contributed by atoms with Gasteiger partial charge in [-0.3, -0.25) is 0 Å². The molecule has 1 aromatic heterocycles. The second-order valence-corrected chi connectivity index (χ2v) is 5.61. The van der Waals surface area contributed by atoms with Gasteiger partial charge in [-0.2, -0.15) is 4.98 Å². The van der Waals surface area contributed by atoms with Gasteiger partial charge in [-0.1, -0.05) is 62.7 Å². The molecule has 3 nitrogen and oxygen atoms in total. The zero-order valence-electron chi connectivity index (χ0n) is 12.3. The number of nitrogens with one attached hydrogen (secondary N) is 1. The molecule has 0 fully saturated rings. The van der Waals surface area contributed by atoms with Gasteiger partial charge in [0, 0.05) is 6.54 Å². The minimum absolute atomic E-state index is 0.463. The Hall–Kier alpha value is -0.670. The zero-order valence-corrected chi connectivity index (χ0v) is 13.9. The van der Waals surface area contributed by atoms with Crippen LogP contribution in [0.2, 0.25) is 10.0 Å². The second kappa shape index (κ2) is 10.1. The van der Waals surface area contributed by atoms with E-state index >= 15 is 0 Å². The molecule has 0 saturated heterocycles. The molecule has 0 atom stereocenters. The summed E-state index contributed by atoms with van der Waals surface area (Å²) in [6.45, 7) is 5.76. The third-order valence-corrected chi connectivity index (χ3v) is 3.49. The van der Waals surface area contributed by atoms with Crippen molar-refractivity contribution in [1.29, 1.82) is 0 Å². The van der Waals surface area contributed by atoms with Crippen LogP contribution < -0.4 is 10.1 Å². The summed E-state index contributed by atoms with van der Waals surface area (Å²) in [5, 5.41) is 4.16. The number of anilines is 1. The van der Waals surface area contributed by atoms with Gasteiger partial charge in [0.05, 0.1) is 11.6 Å². The molecule has 0 aromatic carbocycles. The van der Waals surface area contributed by atoms with Crippen molar-refractivity contribution >= 4 is 29.0 Å². The van der Waals surface area contributed by atoms with Crippen LogP contribution in [-0.4, -0.2) is 18.1 Å². The summed E-state index contributed by atoms with van der Waals surface area (Å²) < 4.78 is 5.65. The third-order valence-electron chi connectivity index (χ3n) is 2.93. The van der Waals surface area contributed by atoms with Crippen LogP contribution in [0, 0.1) is 0 Å². The molecule has 1 aromatic rings. The number of ether oxygens (including phenoxy) is 1. The van der Waals surface area contributed by atoms with Gasteiger partial charge in [-0.05, 0) is 18.9 Å². The number of aromatic nitrogens is 1. The lowest BCUT2D eigenvalue weighted by atomic mass is 10.2. The molecule has 0 bridgehead atoms. The number of rotatable bonds is 10.